The lowest BCUT2D eigenvalue weighted by Gasteiger charge is -1.87. The molecule has 0 spiro atoms. The molecule has 2 heterocycles. The molecule has 0 bridgehead atoms. The predicted octanol–water partition coefficient (Wildman–Crippen LogP) is 2.10. The summed E-state index contributed by atoms with van der Waals surface area (Å²) in [6.07, 6.45) is 1.82. The van der Waals surface area contributed by atoms with Crippen LogP contribution in [0.2, 0.25) is 0 Å². The molecule has 0 radical (unpaired) electrons. The van der Waals surface area contributed by atoms with Gasteiger partial charge >= 0.3 is 0 Å². The molecule has 0 fully saturated rings. The average Bonchev–Trinajstić information content (AvgIpc) is 2.84. The molecule has 0 aliphatic rings. The smallest absolute Gasteiger partial charge is 0.159 e. The lowest BCUT2D eigenvalue weighted by atomic mass is 10.3. The molecular formula is C11H9FN4. The fourth-order valence-electron chi connectivity index (χ4n) is 1.66. The number of imidazole rings is 1. The van der Waals surface area contributed by atoms with E-state index in [0.29, 0.717) is 22.6 Å². The van der Waals surface area contributed by atoms with Crippen molar-refractivity contribution in [1.82, 2.24) is 19.7 Å². The van der Waals surface area contributed by atoms with Crippen LogP contribution in [0, 0.1) is 5.82 Å². The lowest BCUT2D eigenvalue weighted by Crippen LogP contribution is -1.88. The van der Waals surface area contributed by atoms with Crippen LogP contribution in [0.3, 0.4) is 0 Å². The van der Waals surface area contributed by atoms with Gasteiger partial charge in [-0.15, -0.1) is 0 Å². The molecule has 0 saturated carbocycles. The van der Waals surface area contributed by atoms with E-state index in [4.69, 9.17) is 0 Å². The van der Waals surface area contributed by atoms with Crippen LogP contribution >= 0.6 is 0 Å². The predicted molar refractivity (Wildman–Crippen MR) is 58.3 cm³/mol. The summed E-state index contributed by atoms with van der Waals surface area (Å²) < 4.78 is 15.1. The molecule has 2 aromatic heterocycles. The lowest BCUT2D eigenvalue weighted by molar-refractivity contribution is 0.637. The van der Waals surface area contributed by atoms with Crippen molar-refractivity contribution in [3.05, 3.63) is 36.3 Å². The minimum absolute atomic E-state index is 0.323. The first-order chi connectivity index (χ1) is 7.74. The summed E-state index contributed by atoms with van der Waals surface area (Å²) >= 11 is 0. The molecule has 0 amide bonds. The highest BCUT2D eigenvalue weighted by molar-refractivity contribution is 5.79. The van der Waals surface area contributed by atoms with Crippen molar-refractivity contribution in [2.75, 3.05) is 0 Å². The Balaban J connectivity index is 2.22. The Morgan fingerprint density at radius 2 is 2.19 bits per heavy atom. The maximum absolute atomic E-state index is 13.4. The summed E-state index contributed by atoms with van der Waals surface area (Å²) in [4.78, 5) is 7.23. The monoisotopic (exact) mass is 216 g/mol. The Hall–Kier alpha value is -2.17. The van der Waals surface area contributed by atoms with Crippen molar-refractivity contribution >= 4 is 11.0 Å². The highest BCUT2D eigenvalue weighted by Gasteiger charge is 2.09. The summed E-state index contributed by atoms with van der Waals surface area (Å²) in [5, 5.41) is 4.21. The van der Waals surface area contributed by atoms with Gasteiger partial charge in [0.2, 0.25) is 0 Å². The van der Waals surface area contributed by atoms with Gasteiger partial charge in [0, 0.05) is 13.2 Å². The van der Waals surface area contributed by atoms with Crippen molar-refractivity contribution in [3.63, 3.8) is 0 Å². The first-order valence-electron chi connectivity index (χ1n) is 4.88. The zero-order valence-corrected chi connectivity index (χ0v) is 8.61. The molecule has 0 aliphatic carbocycles. The van der Waals surface area contributed by atoms with Crippen molar-refractivity contribution < 1.29 is 4.39 Å². The number of aryl methyl sites for hydroxylation is 1. The number of aromatic amines is 1. The molecule has 0 atom stereocenters. The second-order valence-corrected chi connectivity index (χ2v) is 3.60. The summed E-state index contributed by atoms with van der Waals surface area (Å²) in [7, 11) is 1.83. The van der Waals surface area contributed by atoms with E-state index in [-0.39, 0.29) is 5.82 Å². The first kappa shape index (κ1) is 9.08. The Labute approximate surface area is 90.7 Å². The molecule has 4 nitrogen and oxygen atoms in total. The van der Waals surface area contributed by atoms with Crippen molar-refractivity contribution in [3.8, 4) is 11.5 Å². The Morgan fingerprint density at radius 1 is 1.31 bits per heavy atom. The maximum atomic E-state index is 13.4. The Morgan fingerprint density at radius 3 is 2.88 bits per heavy atom. The van der Waals surface area contributed by atoms with Crippen LogP contribution in [0.5, 0.6) is 0 Å². The number of benzene rings is 1. The molecule has 80 valence electrons. The van der Waals surface area contributed by atoms with Gasteiger partial charge in [0.15, 0.2) is 11.6 Å². The number of fused-ring (bicyclic) bond motifs is 1. The third-order valence-electron chi connectivity index (χ3n) is 2.42. The van der Waals surface area contributed by atoms with E-state index in [1.165, 1.54) is 6.07 Å². The summed E-state index contributed by atoms with van der Waals surface area (Å²) in [6, 6.07) is 6.66. The van der Waals surface area contributed by atoms with Gasteiger partial charge in [-0.05, 0) is 18.2 Å². The van der Waals surface area contributed by atoms with Crippen LogP contribution in [0.15, 0.2) is 30.5 Å². The SMILES string of the molecule is Cn1ccc(-c2nc3c(F)cccc3[nH]2)n1. The van der Waals surface area contributed by atoms with E-state index in [1.54, 1.807) is 16.8 Å². The zero-order valence-electron chi connectivity index (χ0n) is 8.61. The molecule has 0 aliphatic heterocycles. The Kier molecular flexibility index (Phi) is 1.80. The highest BCUT2D eigenvalue weighted by atomic mass is 19.1. The number of para-hydroxylation sites is 1. The summed E-state index contributed by atoms with van der Waals surface area (Å²) in [6.45, 7) is 0. The highest BCUT2D eigenvalue weighted by Crippen LogP contribution is 2.20. The van der Waals surface area contributed by atoms with Crippen LogP contribution in [0.25, 0.3) is 22.6 Å². The number of nitrogens with one attached hydrogen (secondary N) is 1. The average molecular weight is 216 g/mol. The van der Waals surface area contributed by atoms with Gasteiger partial charge in [-0.25, -0.2) is 9.37 Å². The van der Waals surface area contributed by atoms with Crippen LogP contribution in [0.1, 0.15) is 0 Å². The number of H-pyrrole nitrogens is 1. The summed E-state index contributed by atoms with van der Waals surface area (Å²) in [5.41, 5.74) is 1.74. The Bertz CT molecular complexity index is 653. The van der Waals surface area contributed by atoms with Gasteiger partial charge in [0.1, 0.15) is 11.2 Å². The van der Waals surface area contributed by atoms with Crippen LogP contribution < -0.4 is 0 Å². The fourth-order valence-corrected chi connectivity index (χ4v) is 1.66. The normalized spacial score (nSPS) is 11.1. The van der Waals surface area contributed by atoms with E-state index in [2.05, 4.69) is 15.1 Å². The van der Waals surface area contributed by atoms with Gasteiger partial charge in [-0.3, -0.25) is 4.68 Å². The van der Waals surface area contributed by atoms with Crippen LogP contribution in [0.4, 0.5) is 4.39 Å². The number of halogens is 1. The number of hydrogen-bond acceptors (Lipinski definition) is 2. The van der Waals surface area contributed by atoms with Gasteiger partial charge in [0.25, 0.3) is 0 Å². The fraction of sp³-hybridized carbons (Fsp3) is 0.0909. The molecule has 3 aromatic rings. The van der Waals surface area contributed by atoms with Crippen LogP contribution in [-0.2, 0) is 7.05 Å². The molecule has 1 N–H and O–H groups in total. The number of rotatable bonds is 1. The molecule has 16 heavy (non-hydrogen) atoms. The van der Waals surface area contributed by atoms with E-state index < -0.39 is 0 Å². The largest absolute Gasteiger partial charge is 0.336 e. The maximum Gasteiger partial charge on any atom is 0.159 e. The number of aromatic nitrogens is 4. The van der Waals surface area contributed by atoms with E-state index in [1.807, 2.05) is 19.3 Å². The summed E-state index contributed by atoms with van der Waals surface area (Å²) in [5.74, 6) is 0.261. The molecule has 0 unspecified atom stereocenters. The van der Waals surface area contributed by atoms with E-state index in [9.17, 15) is 4.39 Å². The first-order valence-corrected chi connectivity index (χ1v) is 4.88. The van der Waals surface area contributed by atoms with Gasteiger partial charge in [-0.1, -0.05) is 6.07 Å². The van der Waals surface area contributed by atoms with Crippen molar-refractivity contribution in [2.45, 2.75) is 0 Å². The number of hydrogen-bond donors (Lipinski definition) is 1. The van der Waals surface area contributed by atoms with Gasteiger partial charge in [0.05, 0.1) is 5.52 Å². The zero-order chi connectivity index (χ0) is 11.1. The second kappa shape index (κ2) is 3.16. The van der Waals surface area contributed by atoms with E-state index >= 15 is 0 Å². The third kappa shape index (κ3) is 1.29. The molecular weight excluding hydrogens is 207 g/mol. The van der Waals surface area contributed by atoms with Crippen molar-refractivity contribution in [1.29, 1.82) is 0 Å². The van der Waals surface area contributed by atoms with E-state index in [0.717, 1.165) is 0 Å². The second-order valence-electron chi connectivity index (χ2n) is 3.60. The third-order valence-corrected chi connectivity index (χ3v) is 2.42. The minimum atomic E-state index is -0.323. The molecule has 1 aromatic carbocycles. The number of nitrogens with zero attached hydrogens (tertiary/aromatic N) is 3. The molecule has 0 saturated heterocycles. The van der Waals surface area contributed by atoms with Crippen LogP contribution in [-0.4, -0.2) is 19.7 Å². The van der Waals surface area contributed by atoms with Gasteiger partial charge in [-0.2, -0.15) is 5.10 Å². The standard InChI is InChI=1S/C11H9FN4/c1-16-6-5-9(15-16)11-13-8-4-2-3-7(12)10(8)14-11/h2-6H,1H3,(H,13,14). The molecule has 3 rings (SSSR count). The van der Waals surface area contributed by atoms with Crippen molar-refractivity contribution in [2.24, 2.45) is 7.05 Å². The van der Waals surface area contributed by atoms with Gasteiger partial charge < -0.3 is 4.98 Å². The molecule has 5 heteroatoms. The minimum Gasteiger partial charge on any atom is -0.336 e. The topological polar surface area (TPSA) is 46.5 Å². The quantitative estimate of drug-likeness (QED) is 0.677.